The Balaban J connectivity index is 1.99. The van der Waals surface area contributed by atoms with Crippen LogP contribution < -0.4 is 5.32 Å². The average Bonchev–Trinajstić information content (AvgIpc) is 2.38. The van der Waals surface area contributed by atoms with E-state index < -0.39 is 0 Å². The highest BCUT2D eigenvalue weighted by molar-refractivity contribution is 9.10. The number of nitrogens with zero attached hydrogens (tertiary/aromatic N) is 1. The van der Waals surface area contributed by atoms with Crippen molar-refractivity contribution in [2.75, 3.05) is 11.9 Å². The molecule has 0 heterocycles. The third-order valence-corrected chi connectivity index (χ3v) is 3.55. The van der Waals surface area contributed by atoms with E-state index in [1.54, 1.807) is 0 Å². The zero-order valence-electron chi connectivity index (χ0n) is 9.62. The first kappa shape index (κ1) is 12.2. The number of nitriles is 1. The SMILES string of the molecule is N#Cc1cc(Br)ccc1NCC1CC=CCC1. The van der Waals surface area contributed by atoms with E-state index in [0.717, 1.165) is 23.1 Å². The summed E-state index contributed by atoms with van der Waals surface area (Å²) in [4.78, 5) is 0. The fourth-order valence-electron chi connectivity index (χ4n) is 2.06. The number of anilines is 1. The Morgan fingerprint density at radius 3 is 3.00 bits per heavy atom. The van der Waals surface area contributed by atoms with Gasteiger partial charge < -0.3 is 5.32 Å². The van der Waals surface area contributed by atoms with Crippen molar-refractivity contribution in [2.45, 2.75) is 19.3 Å². The lowest BCUT2D eigenvalue weighted by Crippen LogP contribution is -2.15. The van der Waals surface area contributed by atoms with Crippen molar-refractivity contribution >= 4 is 21.6 Å². The van der Waals surface area contributed by atoms with Gasteiger partial charge in [-0.25, -0.2) is 0 Å². The number of hydrogen-bond donors (Lipinski definition) is 1. The predicted molar refractivity (Wildman–Crippen MR) is 73.8 cm³/mol. The van der Waals surface area contributed by atoms with Gasteiger partial charge in [0.2, 0.25) is 0 Å². The molecule has 1 N–H and O–H groups in total. The van der Waals surface area contributed by atoms with Crippen molar-refractivity contribution in [1.29, 1.82) is 5.26 Å². The van der Waals surface area contributed by atoms with Crippen LogP contribution in [-0.4, -0.2) is 6.54 Å². The molecule has 0 bridgehead atoms. The van der Waals surface area contributed by atoms with Crippen LogP contribution in [0.2, 0.25) is 0 Å². The minimum absolute atomic E-state index is 0.690. The van der Waals surface area contributed by atoms with Crippen molar-refractivity contribution in [3.05, 3.63) is 40.4 Å². The van der Waals surface area contributed by atoms with Gasteiger partial charge in [-0.1, -0.05) is 28.1 Å². The van der Waals surface area contributed by atoms with Gasteiger partial charge in [-0.3, -0.25) is 0 Å². The van der Waals surface area contributed by atoms with E-state index in [9.17, 15) is 0 Å². The largest absolute Gasteiger partial charge is 0.384 e. The maximum atomic E-state index is 9.06. The molecule has 0 radical (unpaired) electrons. The minimum atomic E-state index is 0.690. The molecule has 1 aromatic rings. The molecule has 0 fully saturated rings. The molecule has 0 spiro atoms. The van der Waals surface area contributed by atoms with Gasteiger partial charge in [0.05, 0.1) is 11.3 Å². The lowest BCUT2D eigenvalue weighted by Gasteiger charge is -2.19. The molecule has 17 heavy (non-hydrogen) atoms. The second-order valence-electron chi connectivity index (χ2n) is 4.33. The second-order valence-corrected chi connectivity index (χ2v) is 5.25. The molecule has 0 saturated heterocycles. The highest BCUT2D eigenvalue weighted by atomic mass is 79.9. The van der Waals surface area contributed by atoms with E-state index in [0.29, 0.717) is 11.5 Å². The van der Waals surface area contributed by atoms with E-state index >= 15 is 0 Å². The summed E-state index contributed by atoms with van der Waals surface area (Å²) in [7, 11) is 0. The van der Waals surface area contributed by atoms with Crippen LogP contribution in [0.15, 0.2) is 34.8 Å². The zero-order valence-corrected chi connectivity index (χ0v) is 11.2. The number of rotatable bonds is 3. The van der Waals surface area contributed by atoms with Gasteiger partial charge >= 0.3 is 0 Å². The molecule has 1 unspecified atom stereocenters. The number of nitrogens with one attached hydrogen (secondary N) is 1. The molecule has 2 rings (SSSR count). The molecule has 3 heteroatoms. The number of hydrogen-bond acceptors (Lipinski definition) is 2. The normalized spacial score (nSPS) is 18.7. The van der Waals surface area contributed by atoms with Crippen molar-refractivity contribution in [3.63, 3.8) is 0 Å². The first-order chi connectivity index (χ1) is 8.29. The van der Waals surface area contributed by atoms with Crippen molar-refractivity contribution in [3.8, 4) is 6.07 Å². The van der Waals surface area contributed by atoms with Gasteiger partial charge in [-0.15, -0.1) is 0 Å². The lowest BCUT2D eigenvalue weighted by molar-refractivity contribution is 0.504. The first-order valence-corrected chi connectivity index (χ1v) is 6.67. The Hall–Kier alpha value is -1.27. The van der Waals surface area contributed by atoms with Gasteiger partial charge in [0.15, 0.2) is 0 Å². The molecular formula is C14H15BrN2. The molecule has 1 aliphatic rings. The maximum absolute atomic E-state index is 9.06. The quantitative estimate of drug-likeness (QED) is 0.851. The molecular weight excluding hydrogens is 276 g/mol. The van der Waals surface area contributed by atoms with Crippen molar-refractivity contribution in [1.82, 2.24) is 0 Å². The van der Waals surface area contributed by atoms with Crippen LogP contribution in [0.25, 0.3) is 0 Å². The molecule has 0 saturated carbocycles. The van der Waals surface area contributed by atoms with Crippen LogP contribution in [0, 0.1) is 17.2 Å². The molecule has 88 valence electrons. The first-order valence-electron chi connectivity index (χ1n) is 5.88. The smallest absolute Gasteiger partial charge is 0.101 e. The van der Waals surface area contributed by atoms with E-state index in [4.69, 9.17) is 5.26 Å². The minimum Gasteiger partial charge on any atom is -0.384 e. The molecule has 0 amide bonds. The van der Waals surface area contributed by atoms with Crippen molar-refractivity contribution in [2.24, 2.45) is 5.92 Å². The summed E-state index contributed by atoms with van der Waals surface area (Å²) in [5, 5.41) is 12.4. The molecule has 2 nitrogen and oxygen atoms in total. The van der Waals surface area contributed by atoms with E-state index in [2.05, 4.69) is 39.5 Å². The monoisotopic (exact) mass is 290 g/mol. The summed E-state index contributed by atoms with van der Waals surface area (Å²) in [5.41, 5.74) is 1.64. The van der Waals surface area contributed by atoms with Crippen LogP contribution in [0.1, 0.15) is 24.8 Å². The molecule has 0 aliphatic heterocycles. The summed E-state index contributed by atoms with van der Waals surface area (Å²) >= 11 is 3.38. The van der Waals surface area contributed by atoms with Crippen LogP contribution in [0.5, 0.6) is 0 Å². The van der Waals surface area contributed by atoms with Gasteiger partial charge in [0.1, 0.15) is 6.07 Å². The van der Waals surface area contributed by atoms with Gasteiger partial charge in [-0.05, 0) is 43.4 Å². The lowest BCUT2D eigenvalue weighted by atomic mass is 9.94. The number of halogens is 1. The number of benzene rings is 1. The van der Waals surface area contributed by atoms with Crippen molar-refractivity contribution < 1.29 is 0 Å². The summed E-state index contributed by atoms with van der Waals surface area (Å²) in [6.07, 6.45) is 8.06. The Labute approximate surface area is 110 Å². The fraction of sp³-hybridized carbons (Fsp3) is 0.357. The van der Waals surface area contributed by atoms with Gasteiger partial charge in [-0.2, -0.15) is 5.26 Å². The Morgan fingerprint density at radius 1 is 1.41 bits per heavy atom. The molecule has 0 aromatic heterocycles. The number of allylic oxidation sites excluding steroid dienone is 2. The third kappa shape index (κ3) is 3.34. The highest BCUT2D eigenvalue weighted by Crippen LogP contribution is 2.23. The Morgan fingerprint density at radius 2 is 2.29 bits per heavy atom. The summed E-state index contributed by atoms with van der Waals surface area (Å²) in [6, 6.07) is 7.99. The predicted octanol–water partition coefficient (Wildman–Crippen LogP) is 4.09. The van der Waals surface area contributed by atoms with Crippen LogP contribution in [-0.2, 0) is 0 Å². The molecule has 1 atom stereocenters. The zero-order chi connectivity index (χ0) is 12.1. The summed E-state index contributed by atoms with van der Waals surface area (Å²) in [6.45, 7) is 0.945. The van der Waals surface area contributed by atoms with Gasteiger partial charge in [0.25, 0.3) is 0 Å². The Kier molecular flexibility index (Phi) is 4.22. The highest BCUT2D eigenvalue weighted by Gasteiger charge is 2.10. The Bertz CT molecular complexity index is 460. The molecule has 1 aromatic carbocycles. The van der Waals surface area contributed by atoms with E-state index in [1.807, 2.05) is 18.2 Å². The summed E-state index contributed by atoms with van der Waals surface area (Å²) < 4.78 is 0.945. The van der Waals surface area contributed by atoms with Gasteiger partial charge in [0, 0.05) is 11.0 Å². The van der Waals surface area contributed by atoms with Crippen LogP contribution >= 0.6 is 15.9 Å². The maximum Gasteiger partial charge on any atom is 0.101 e. The third-order valence-electron chi connectivity index (χ3n) is 3.06. The van der Waals surface area contributed by atoms with Crippen LogP contribution in [0.4, 0.5) is 5.69 Å². The van der Waals surface area contributed by atoms with E-state index in [1.165, 1.54) is 12.8 Å². The fourth-order valence-corrected chi connectivity index (χ4v) is 2.42. The second kappa shape index (κ2) is 5.88. The topological polar surface area (TPSA) is 35.8 Å². The van der Waals surface area contributed by atoms with Crippen LogP contribution in [0.3, 0.4) is 0 Å². The standard InChI is InChI=1S/C14H15BrN2/c15-13-6-7-14(12(8-13)9-16)17-10-11-4-2-1-3-5-11/h1-2,6-8,11,17H,3-5,10H2. The average molecular weight is 291 g/mol. The summed E-state index contributed by atoms with van der Waals surface area (Å²) in [5.74, 6) is 0.690. The molecule has 1 aliphatic carbocycles. The van der Waals surface area contributed by atoms with E-state index in [-0.39, 0.29) is 0 Å².